The zero-order chi connectivity index (χ0) is 66.1. The van der Waals surface area contributed by atoms with E-state index in [1.807, 2.05) is 21.1 Å². The Balaban J connectivity index is 4.28. The molecule has 0 aromatic carbocycles. The van der Waals surface area contributed by atoms with E-state index in [0.29, 0.717) is 23.9 Å². The summed E-state index contributed by atoms with van der Waals surface area (Å²) in [7, 11) is 5.90. The van der Waals surface area contributed by atoms with E-state index < -0.39 is 24.3 Å². The number of ether oxygens (including phenoxy) is 4. The van der Waals surface area contributed by atoms with Gasteiger partial charge in [-0.3, -0.25) is 9.59 Å². The highest BCUT2D eigenvalue weighted by atomic mass is 16.7. The van der Waals surface area contributed by atoms with Gasteiger partial charge in [0.05, 0.1) is 40.3 Å². The molecule has 508 valence electrons. The summed E-state index contributed by atoms with van der Waals surface area (Å²) in [5.74, 6) is -2.34. The lowest BCUT2D eigenvalue weighted by atomic mass is 10.1. The summed E-state index contributed by atoms with van der Waals surface area (Å²) < 4.78 is 22.7. The third kappa shape index (κ3) is 71.2. The van der Waals surface area contributed by atoms with Gasteiger partial charge in [-0.05, 0) is 148 Å². The van der Waals surface area contributed by atoms with Crippen molar-refractivity contribution in [2.75, 3.05) is 47.5 Å². The molecule has 0 aliphatic rings. The van der Waals surface area contributed by atoms with E-state index in [9.17, 15) is 19.5 Å². The Morgan fingerprint density at radius 3 is 0.879 bits per heavy atom. The first kappa shape index (κ1) is 84.9. The third-order valence-electron chi connectivity index (χ3n) is 14.0. The smallest absolute Gasteiger partial charge is 0.306 e. The van der Waals surface area contributed by atoms with Crippen LogP contribution in [0.3, 0.4) is 0 Å². The molecule has 0 N–H and O–H groups in total. The van der Waals surface area contributed by atoms with Gasteiger partial charge < -0.3 is 33.3 Å². The number of esters is 2. The molecule has 0 saturated carbocycles. The summed E-state index contributed by atoms with van der Waals surface area (Å²) >= 11 is 0. The quantitative estimate of drug-likeness (QED) is 0.0195. The molecule has 0 aromatic heterocycles. The van der Waals surface area contributed by atoms with Gasteiger partial charge in [-0.1, -0.05) is 278 Å². The zero-order valence-electron chi connectivity index (χ0n) is 57.9. The van der Waals surface area contributed by atoms with Crippen molar-refractivity contribution in [2.24, 2.45) is 0 Å². The first-order chi connectivity index (χ1) is 44.6. The van der Waals surface area contributed by atoms with E-state index in [2.05, 4.69) is 220 Å². The minimum absolute atomic E-state index is 0.130. The second kappa shape index (κ2) is 69.8. The monoisotopic (exact) mass is 1250 g/mol. The number of aliphatic carboxylic acids is 1. The molecular formula is C82H127NO8. The molecule has 0 bridgehead atoms. The molecule has 9 nitrogen and oxygen atoms in total. The maximum Gasteiger partial charge on any atom is 0.306 e. The van der Waals surface area contributed by atoms with Crippen LogP contribution in [-0.2, 0) is 33.3 Å². The highest BCUT2D eigenvalue weighted by Crippen LogP contribution is 2.14. The summed E-state index contributed by atoms with van der Waals surface area (Å²) in [6.45, 7) is 4.46. The maximum atomic E-state index is 12.9. The highest BCUT2D eigenvalue weighted by molar-refractivity contribution is 5.70. The van der Waals surface area contributed by atoms with Crippen LogP contribution in [0.1, 0.15) is 232 Å². The number of carbonyl (C=O) groups is 3. The number of likely N-dealkylation sites (N-methyl/N-ethyl adjacent to an activating group) is 1. The molecular weight excluding hydrogens is 1130 g/mol. The fourth-order valence-electron chi connectivity index (χ4n) is 8.72. The van der Waals surface area contributed by atoms with E-state index in [4.69, 9.17) is 18.9 Å². The summed E-state index contributed by atoms with van der Waals surface area (Å²) in [4.78, 5) is 37.5. The number of hydrogen-bond acceptors (Lipinski definition) is 8. The van der Waals surface area contributed by atoms with Gasteiger partial charge in [-0.15, -0.1) is 0 Å². The van der Waals surface area contributed by atoms with Gasteiger partial charge in [0.2, 0.25) is 0 Å². The average Bonchev–Trinajstić information content (AvgIpc) is 3.50. The van der Waals surface area contributed by atoms with E-state index in [0.717, 1.165) is 173 Å². The van der Waals surface area contributed by atoms with Crippen molar-refractivity contribution in [3.05, 3.63) is 207 Å². The van der Waals surface area contributed by atoms with Gasteiger partial charge in [-0.25, -0.2) is 0 Å². The number of nitrogens with zero attached hydrogens (tertiary/aromatic N) is 1. The minimum atomic E-state index is -1.64. The lowest BCUT2D eigenvalue weighted by Crippen LogP contribution is -2.44. The van der Waals surface area contributed by atoms with Crippen LogP contribution >= 0.6 is 0 Å². The summed E-state index contributed by atoms with van der Waals surface area (Å²) in [5, 5.41) is 11.8. The van der Waals surface area contributed by atoms with Crippen LogP contribution in [-0.4, -0.2) is 82.3 Å². The molecule has 9 heteroatoms. The van der Waals surface area contributed by atoms with E-state index in [-0.39, 0.29) is 38.6 Å². The number of quaternary nitrogens is 1. The summed E-state index contributed by atoms with van der Waals surface area (Å²) in [6.07, 6.45) is 106. The number of carbonyl (C=O) groups excluding carboxylic acids is 3. The number of carboxylic acid groups (broad SMARTS) is 1. The molecule has 0 radical (unpaired) electrons. The normalized spacial score (nSPS) is 14.0. The van der Waals surface area contributed by atoms with Crippen molar-refractivity contribution in [1.29, 1.82) is 0 Å². The molecule has 0 aliphatic carbocycles. The topological polar surface area (TPSA) is 111 Å². The van der Waals surface area contributed by atoms with Crippen LogP contribution in [0.15, 0.2) is 207 Å². The Hall–Kier alpha value is -6.13. The Kier molecular flexibility index (Phi) is 65.1. The molecule has 2 unspecified atom stereocenters. The molecule has 0 aliphatic heterocycles. The molecule has 0 saturated heterocycles. The molecule has 0 fully saturated rings. The average molecular weight is 1250 g/mol. The molecule has 91 heavy (non-hydrogen) atoms. The Bertz CT molecular complexity index is 2250. The number of rotatable bonds is 62. The summed E-state index contributed by atoms with van der Waals surface area (Å²) in [6, 6.07) is 0. The number of hydrogen-bond donors (Lipinski definition) is 0. The second-order valence-electron chi connectivity index (χ2n) is 23.7. The van der Waals surface area contributed by atoms with Gasteiger partial charge >= 0.3 is 11.9 Å². The van der Waals surface area contributed by atoms with Crippen molar-refractivity contribution < 1.29 is 42.9 Å². The van der Waals surface area contributed by atoms with Crippen LogP contribution < -0.4 is 5.11 Å². The van der Waals surface area contributed by atoms with Crippen molar-refractivity contribution in [2.45, 2.75) is 245 Å². The van der Waals surface area contributed by atoms with Crippen molar-refractivity contribution in [3.63, 3.8) is 0 Å². The SMILES string of the molecule is CC/C=C\C/C=C\C/C=C\C/C=C\C/C=C\C/C=C\C/C=C\C/C=C\C/C=C\C/C=C\CCCCCCCCC(=O)OC(COC(=O)CCCCCCCCC/C=C\C/C=C\C/C=C\C/C=C\C/C=C\C/C=C\C/C=C\CC)COC(OCC[N+](C)(C)C)C(=O)[O-]. The minimum Gasteiger partial charge on any atom is -0.545 e. The molecule has 2 atom stereocenters. The molecule has 0 rings (SSSR count). The number of carboxylic acids is 1. The molecule has 0 aromatic rings. The van der Waals surface area contributed by atoms with E-state index >= 15 is 0 Å². The second-order valence-corrected chi connectivity index (χ2v) is 23.7. The van der Waals surface area contributed by atoms with E-state index in [1.165, 1.54) is 19.3 Å². The molecule has 0 spiro atoms. The van der Waals surface area contributed by atoms with Crippen molar-refractivity contribution in [1.82, 2.24) is 0 Å². The van der Waals surface area contributed by atoms with Gasteiger partial charge in [0.25, 0.3) is 0 Å². The van der Waals surface area contributed by atoms with Crippen LogP contribution in [0.5, 0.6) is 0 Å². The van der Waals surface area contributed by atoms with Crippen LogP contribution in [0.25, 0.3) is 0 Å². The van der Waals surface area contributed by atoms with Gasteiger partial charge in [-0.2, -0.15) is 0 Å². The van der Waals surface area contributed by atoms with E-state index in [1.54, 1.807) is 0 Å². The first-order valence-electron chi connectivity index (χ1n) is 35.2. The highest BCUT2D eigenvalue weighted by Gasteiger charge is 2.22. The first-order valence-corrected chi connectivity index (χ1v) is 35.2. The summed E-state index contributed by atoms with van der Waals surface area (Å²) in [5.41, 5.74) is 0. The standard InChI is InChI=1S/C82H127NO8/c1-6-8-10-12-14-16-18-20-22-24-26-28-30-32-34-36-37-38-39-40-41-42-43-45-47-49-51-53-55-57-59-61-63-65-67-69-71-73-80(85)91-78(77-90-82(81(86)87)88-75-74-83(3,4)5)76-89-79(84)72-70-68-66-64-62-60-58-56-54-52-50-48-46-44-35-33-31-29-27-25-23-21-19-17-15-13-11-9-7-2/h8-11,14-17,20-23,26-29,32-35,37-38,40-41,43,45-46,48-49,51-52,54-55,57,78,82H,6-7,12-13,18-19,24-25,30-31,36,39,42,44,47,50,53,56,58-77H2,1-5H3/b10-8-,11-9-,16-14-,17-15-,22-20-,23-21-,28-26-,29-27-,34-32-,35-33-,38-37-,41-40-,45-43-,48-46-,51-49-,54-52-,57-55-. The van der Waals surface area contributed by atoms with Crippen molar-refractivity contribution >= 4 is 17.9 Å². The number of unbranched alkanes of at least 4 members (excludes halogenated alkanes) is 13. The lowest BCUT2D eigenvalue weighted by molar-refractivity contribution is -0.870. The Labute approximate surface area is 556 Å². The zero-order valence-corrected chi connectivity index (χ0v) is 57.9. The third-order valence-corrected chi connectivity index (χ3v) is 14.0. The van der Waals surface area contributed by atoms with Crippen LogP contribution in [0.2, 0.25) is 0 Å². The van der Waals surface area contributed by atoms with Gasteiger partial charge in [0, 0.05) is 12.8 Å². The Morgan fingerprint density at radius 2 is 0.593 bits per heavy atom. The van der Waals surface area contributed by atoms with Crippen molar-refractivity contribution in [3.8, 4) is 0 Å². The maximum absolute atomic E-state index is 12.9. The fourth-order valence-corrected chi connectivity index (χ4v) is 8.72. The van der Waals surface area contributed by atoms with Gasteiger partial charge in [0.1, 0.15) is 13.2 Å². The molecule has 0 heterocycles. The largest absolute Gasteiger partial charge is 0.545 e. The predicted molar refractivity (Wildman–Crippen MR) is 388 cm³/mol. The number of allylic oxidation sites excluding steroid dienone is 34. The molecule has 0 amide bonds. The fraction of sp³-hybridized carbons (Fsp3) is 0.549. The predicted octanol–water partition coefficient (Wildman–Crippen LogP) is 21.0. The van der Waals surface area contributed by atoms with Gasteiger partial charge in [0.15, 0.2) is 12.4 Å². The van der Waals surface area contributed by atoms with Crippen LogP contribution in [0, 0.1) is 0 Å². The lowest BCUT2D eigenvalue weighted by Gasteiger charge is -2.26. The Morgan fingerprint density at radius 1 is 0.330 bits per heavy atom. The van der Waals surface area contributed by atoms with Crippen LogP contribution in [0.4, 0.5) is 0 Å².